The van der Waals surface area contributed by atoms with E-state index in [-0.39, 0.29) is 5.56 Å². The van der Waals surface area contributed by atoms with Crippen molar-refractivity contribution in [2.45, 2.75) is 17.8 Å². The number of hydrogen-bond donors (Lipinski definition) is 0. The summed E-state index contributed by atoms with van der Waals surface area (Å²) in [6.07, 6.45) is 1.73. The predicted molar refractivity (Wildman–Crippen MR) is 132 cm³/mol. The first kappa shape index (κ1) is 21.7. The van der Waals surface area contributed by atoms with Crippen LogP contribution >= 0.6 is 34.7 Å². The minimum atomic E-state index is -0.0931. The summed E-state index contributed by atoms with van der Waals surface area (Å²) in [4.78, 5) is 17.6. The van der Waals surface area contributed by atoms with Crippen molar-refractivity contribution in [3.05, 3.63) is 87.2 Å². The van der Waals surface area contributed by atoms with Crippen LogP contribution in [0.15, 0.2) is 76.1 Å². The van der Waals surface area contributed by atoms with Gasteiger partial charge in [-0.2, -0.15) is 0 Å². The van der Waals surface area contributed by atoms with Gasteiger partial charge in [0, 0.05) is 39.7 Å². The van der Waals surface area contributed by atoms with Crippen molar-refractivity contribution < 1.29 is 4.74 Å². The molecule has 0 fully saturated rings. The van der Waals surface area contributed by atoms with Crippen LogP contribution in [0.2, 0.25) is 5.02 Å². The van der Waals surface area contributed by atoms with Gasteiger partial charge in [0.05, 0.1) is 12.3 Å². The summed E-state index contributed by atoms with van der Waals surface area (Å²) in [6.45, 7) is 2.55. The van der Waals surface area contributed by atoms with Crippen LogP contribution in [-0.2, 0) is 5.75 Å². The Kier molecular flexibility index (Phi) is 6.17. The van der Waals surface area contributed by atoms with E-state index in [2.05, 4.69) is 15.2 Å². The minimum absolute atomic E-state index is 0.0931. The predicted octanol–water partition coefficient (Wildman–Crippen LogP) is 5.35. The Hall–Kier alpha value is -3.14. The lowest BCUT2D eigenvalue weighted by Crippen LogP contribution is -2.12. The summed E-state index contributed by atoms with van der Waals surface area (Å²) < 4.78 is 9.10. The fraction of sp³-hybridized carbons (Fsp3) is 0.130. The lowest BCUT2D eigenvalue weighted by atomic mass is 10.2. The third-order valence-electron chi connectivity index (χ3n) is 4.83. The SMILES string of the molecule is CCOc1ccc(-n2c(SCc3cc(=O)n4ccsc4n3)nnc2-c2cccc(Cl)c2)cc1. The molecule has 166 valence electrons. The standard InChI is InChI=1S/C23H18ClN5O2S2/c1-2-31-19-8-6-18(7-9-19)29-21(15-4-3-5-16(24)12-15)26-27-23(29)33-14-17-13-20(30)28-10-11-32-22(28)25-17/h3-13H,2,14H2,1H3. The van der Waals surface area contributed by atoms with Crippen molar-refractivity contribution >= 4 is 39.7 Å². The smallest absolute Gasteiger partial charge is 0.258 e. The highest BCUT2D eigenvalue weighted by Crippen LogP contribution is 2.31. The van der Waals surface area contributed by atoms with Gasteiger partial charge in [-0.05, 0) is 43.3 Å². The maximum absolute atomic E-state index is 12.3. The maximum Gasteiger partial charge on any atom is 0.258 e. The summed E-state index contributed by atoms with van der Waals surface area (Å²) in [7, 11) is 0. The van der Waals surface area contributed by atoms with Gasteiger partial charge in [-0.25, -0.2) is 4.98 Å². The molecule has 5 rings (SSSR count). The fourth-order valence-electron chi connectivity index (χ4n) is 3.37. The van der Waals surface area contributed by atoms with Gasteiger partial charge in [0.2, 0.25) is 0 Å². The third-order valence-corrected chi connectivity index (χ3v) is 6.78. The normalized spacial score (nSPS) is 11.2. The van der Waals surface area contributed by atoms with Crippen LogP contribution in [0.25, 0.3) is 22.0 Å². The van der Waals surface area contributed by atoms with Crippen LogP contribution in [0, 0.1) is 0 Å². The van der Waals surface area contributed by atoms with Crippen molar-refractivity contribution in [2.24, 2.45) is 0 Å². The van der Waals surface area contributed by atoms with E-state index in [4.69, 9.17) is 16.3 Å². The van der Waals surface area contributed by atoms with Crippen LogP contribution in [0.1, 0.15) is 12.6 Å². The molecule has 0 aliphatic rings. The molecule has 0 N–H and O–H groups in total. The van der Waals surface area contributed by atoms with Crippen LogP contribution in [-0.4, -0.2) is 30.8 Å². The van der Waals surface area contributed by atoms with Crippen molar-refractivity contribution in [1.29, 1.82) is 0 Å². The van der Waals surface area contributed by atoms with Crippen LogP contribution in [0.5, 0.6) is 5.75 Å². The van der Waals surface area contributed by atoms with Gasteiger partial charge in [-0.3, -0.25) is 13.8 Å². The van der Waals surface area contributed by atoms with Crippen molar-refractivity contribution in [1.82, 2.24) is 24.1 Å². The summed E-state index contributed by atoms with van der Waals surface area (Å²) in [5, 5.41) is 12.0. The highest BCUT2D eigenvalue weighted by Gasteiger charge is 2.17. The summed E-state index contributed by atoms with van der Waals surface area (Å²) in [6, 6.07) is 16.8. The van der Waals surface area contributed by atoms with E-state index in [1.807, 2.05) is 65.4 Å². The van der Waals surface area contributed by atoms with Crippen LogP contribution in [0.4, 0.5) is 0 Å². The number of rotatable bonds is 7. The Morgan fingerprint density at radius 3 is 2.76 bits per heavy atom. The van der Waals surface area contributed by atoms with Gasteiger partial charge in [-0.1, -0.05) is 35.5 Å². The Bertz CT molecular complexity index is 1480. The molecule has 0 amide bonds. The second kappa shape index (κ2) is 9.38. The zero-order valence-corrected chi connectivity index (χ0v) is 19.9. The Balaban J connectivity index is 1.52. The number of fused-ring (bicyclic) bond motifs is 1. The molecule has 0 spiro atoms. The summed E-state index contributed by atoms with van der Waals surface area (Å²) in [5.74, 6) is 1.95. The quantitative estimate of drug-likeness (QED) is 0.283. The first-order chi connectivity index (χ1) is 16.1. The highest BCUT2D eigenvalue weighted by atomic mass is 35.5. The molecule has 3 aromatic heterocycles. The largest absolute Gasteiger partial charge is 0.494 e. The molecule has 0 saturated heterocycles. The number of aromatic nitrogens is 5. The molecule has 0 aliphatic carbocycles. The summed E-state index contributed by atoms with van der Waals surface area (Å²) in [5.41, 5.74) is 2.34. The first-order valence-corrected chi connectivity index (χ1v) is 12.4. The number of benzene rings is 2. The van der Waals surface area contributed by atoms with Crippen LogP contribution in [0.3, 0.4) is 0 Å². The Morgan fingerprint density at radius 2 is 1.97 bits per heavy atom. The number of ether oxygens (including phenoxy) is 1. The molecule has 0 unspecified atom stereocenters. The first-order valence-electron chi connectivity index (χ1n) is 10.2. The third kappa shape index (κ3) is 4.52. The highest BCUT2D eigenvalue weighted by molar-refractivity contribution is 7.98. The number of thiazole rings is 1. The number of nitrogens with zero attached hydrogens (tertiary/aromatic N) is 5. The van der Waals surface area contributed by atoms with Crippen molar-refractivity contribution in [2.75, 3.05) is 6.61 Å². The molecule has 0 bridgehead atoms. The molecule has 0 radical (unpaired) electrons. The lowest BCUT2D eigenvalue weighted by molar-refractivity contribution is 0.340. The van der Waals surface area contributed by atoms with Gasteiger partial charge in [0.15, 0.2) is 15.9 Å². The average Bonchev–Trinajstić information content (AvgIpc) is 3.46. The van der Waals surface area contributed by atoms with Gasteiger partial charge < -0.3 is 4.74 Å². The molecule has 7 nitrogen and oxygen atoms in total. The number of hydrogen-bond acceptors (Lipinski definition) is 7. The Labute approximate surface area is 202 Å². The molecule has 0 saturated carbocycles. The second-order valence-corrected chi connectivity index (χ2v) is 9.26. The molecule has 10 heteroatoms. The molecule has 0 atom stereocenters. The zero-order valence-electron chi connectivity index (χ0n) is 17.5. The lowest BCUT2D eigenvalue weighted by Gasteiger charge is -2.11. The van der Waals surface area contributed by atoms with E-state index in [0.717, 1.165) is 17.0 Å². The molecule has 3 heterocycles. The number of thioether (sulfide) groups is 1. The zero-order chi connectivity index (χ0) is 22.8. The molecular weight excluding hydrogens is 478 g/mol. The van der Waals surface area contributed by atoms with E-state index in [9.17, 15) is 4.79 Å². The average molecular weight is 496 g/mol. The van der Waals surface area contributed by atoms with E-state index < -0.39 is 0 Å². The van der Waals surface area contributed by atoms with E-state index >= 15 is 0 Å². The minimum Gasteiger partial charge on any atom is -0.494 e. The van der Waals surface area contributed by atoms with Gasteiger partial charge in [-0.15, -0.1) is 21.5 Å². The molecule has 33 heavy (non-hydrogen) atoms. The van der Waals surface area contributed by atoms with Gasteiger partial charge in [0.1, 0.15) is 5.75 Å². The van der Waals surface area contributed by atoms with E-state index in [0.29, 0.717) is 39.0 Å². The van der Waals surface area contributed by atoms with Crippen molar-refractivity contribution in [3.8, 4) is 22.8 Å². The summed E-state index contributed by atoms with van der Waals surface area (Å²) >= 11 is 9.13. The number of halogens is 1. The molecule has 0 aliphatic heterocycles. The topological polar surface area (TPSA) is 74.3 Å². The van der Waals surface area contributed by atoms with Crippen LogP contribution < -0.4 is 10.3 Å². The molecular formula is C23H18ClN5O2S2. The van der Waals surface area contributed by atoms with Crippen molar-refractivity contribution in [3.63, 3.8) is 0 Å². The second-order valence-electron chi connectivity index (χ2n) is 7.01. The molecule has 2 aromatic carbocycles. The Morgan fingerprint density at radius 1 is 1.12 bits per heavy atom. The van der Waals surface area contributed by atoms with Gasteiger partial charge >= 0.3 is 0 Å². The molecule has 5 aromatic rings. The maximum atomic E-state index is 12.3. The van der Waals surface area contributed by atoms with Gasteiger partial charge in [0.25, 0.3) is 5.56 Å². The fourth-order valence-corrected chi connectivity index (χ4v) is 5.14. The van der Waals surface area contributed by atoms with E-state index in [1.165, 1.54) is 23.1 Å². The monoisotopic (exact) mass is 495 g/mol. The van der Waals surface area contributed by atoms with E-state index in [1.54, 1.807) is 16.7 Å².